The Bertz CT molecular complexity index is 693. The zero-order valence-electron chi connectivity index (χ0n) is 13.5. The quantitative estimate of drug-likeness (QED) is 0.653. The van der Waals surface area contributed by atoms with E-state index in [0.717, 1.165) is 48.0 Å². The van der Waals surface area contributed by atoms with Crippen LogP contribution in [0.3, 0.4) is 0 Å². The smallest absolute Gasteiger partial charge is 0.193 e. The fraction of sp³-hybridized carbons (Fsp3) is 0.500. The van der Waals surface area contributed by atoms with Gasteiger partial charge < -0.3 is 19.4 Å². The number of hydrogen-bond donors (Lipinski definition) is 1. The van der Waals surface area contributed by atoms with E-state index >= 15 is 0 Å². The van der Waals surface area contributed by atoms with E-state index in [0.29, 0.717) is 12.5 Å². The summed E-state index contributed by atoms with van der Waals surface area (Å²) < 4.78 is 8.50. The molecular weight excluding hydrogens is 358 g/mol. The third-order valence-corrected chi connectivity index (χ3v) is 4.49. The van der Waals surface area contributed by atoms with Gasteiger partial charge in [0.1, 0.15) is 5.65 Å². The number of nitrogens with one attached hydrogen (secondary N) is 1. The first-order valence-electron chi connectivity index (χ1n) is 7.78. The van der Waals surface area contributed by atoms with E-state index in [2.05, 4.69) is 43.2 Å². The Hall–Kier alpha value is -1.60. The zero-order chi connectivity index (χ0) is 16.2. The fourth-order valence-electron chi connectivity index (χ4n) is 2.86. The first kappa shape index (κ1) is 16.3. The minimum Gasteiger partial charge on any atom is -0.381 e. The van der Waals surface area contributed by atoms with Gasteiger partial charge in [-0.3, -0.25) is 4.99 Å². The number of hydrogen-bond acceptors (Lipinski definition) is 3. The summed E-state index contributed by atoms with van der Waals surface area (Å²) in [7, 11) is 3.87. The number of fused-ring (bicyclic) bond motifs is 1. The summed E-state index contributed by atoms with van der Waals surface area (Å²) in [5.41, 5.74) is 1.93. The van der Waals surface area contributed by atoms with Crippen LogP contribution in [-0.4, -0.2) is 54.1 Å². The molecular formula is C16H22BrN5O. The van der Waals surface area contributed by atoms with Crippen molar-refractivity contribution in [1.29, 1.82) is 0 Å². The second-order valence-electron chi connectivity index (χ2n) is 5.86. The lowest BCUT2D eigenvalue weighted by molar-refractivity contribution is 0.181. The standard InChI is InChI=1S/C16H22BrN5O/c1-18-16(21(2)8-12-5-6-23-11-12)19-7-14-10-22-9-13(17)3-4-15(22)20-14/h3-4,9-10,12H,5-8,11H2,1-2H3,(H,18,19). The van der Waals surface area contributed by atoms with E-state index < -0.39 is 0 Å². The Balaban J connectivity index is 1.60. The van der Waals surface area contributed by atoms with Crippen molar-refractivity contribution in [1.82, 2.24) is 19.6 Å². The number of imidazole rings is 1. The maximum atomic E-state index is 5.44. The van der Waals surface area contributed by atoms with Crippen LogP contribution in [0.4, 0.5) is 0 Å². The molecule has 1 fully saturated rings. The number of nitrogens with zero attached hydrogens (tertiary/aromatic N) is 4. The monoisotopic (exact) mass is 379 g/mol. The second kappa shape index (κ2) is 7.31. The van der Waals surface area contributed by atoms with Crippen molar-refractivity contribution in [2.75, 3.05) is 33.9 Å². The molecule has 0 bridgehead atoms. The lowest BCUT2D eigenvalue weighted by Crippen LogP contribution is -2.41. The average molecular weight is 380 g/mol. The highest BCUT2D eigenvalue weighted by Gasteiger charge is 2.19. The van der Waals surface area contributed by atoms with Gasteiger partial charge in [-0.2, -0.15) is 0 Å². The SMILES string of the molecule is CN=C(NCc1cn2cc(Br)ccc2n1)N(C)CC1CCOC1. The van der Waals surface area contributed by atoms with Crippen LogP contribution in [0, 0.1) is 5.92 Å². The molecule has 23 heavy (non-hydrogen) atoms. The highest BCUT2D eigenvalue weighted by Crippen LogP contribution is 2.14. The van der Waals surface area contributed by atoms with Gasteiger partial charge in [-0.25, -0.2) is 4.98 Å². The molecule has 3 rings (SSSR count). The second-order valence-corrected chi connectivity index (χ2v) is 6.77. The number of aliphatic imine (C=N–C) groups is 1. The van der Waals surface area contributed by atoms with Crippen LogP contribution in [0.1, 0.15) is 12.1 Å². The van der Waals surface area contributed by atoms with Crippen molar-refractivity contribution in [3.63, 3.8) is 0 Å². The van der Waals surface area contributed by atoms with Crippen molar-refractivity contribution < 1.29 is 4.74 Å². The Kier molecular flexibility index (Phi) is 5.17. The highest BCUT2D eigenvalue weighted by molar-refractivity contribution is 9.10. The maximum absolute atomic E-state index is 5.44. The molecule has 6 nitrogen and oxygen atoms in total. The van der Waals surface area contributed by atoms with Crippen LogP contribution < -0.4 is 5.32 Å². The lowest BCUT2D eigenvalue weighted by Gasteiger charge is -2.24. The molecule has 1 aliphatic rings. The summed E-state index contributed by atoms with van der Waals surface area (Å²) in [4.78, 5) is 11.1. The van der Waals surface area contributed by atoms with Gasteiger partial charge in [0.15, 0.2) is 5.96 Å². The van der Waals surface area contributed by atoms with Crippen LogP contribution in [0.5, 0.6) is 0 Å². The summed E-state index contributed by atoms with van der Waals surface area (Å²) in [6.07, 6.45) is 5.17. The summed E-state index contributed by atoms with van der Waals surface area (Å²) in [5.74, 6) is 1.47. The van der Waals surface area contributed by atoms with Gasteiger partial charge >= 0.3 is 0 Å². The molecule has 1 atom stereocenters. The minimum atomic E-state index is 0.589. The van der Waals surface area contributed by atoms with E-state index in [9.17, 15) is 0 Å². The number of halogens is 1. The number of rotatable bonds is 4. The van der Waals surface area contributed by atoms with Gasteiger partial charge in [-0.05, 0) is 34.5 Å². The van der Waals surface area contributed by atoms with E-state index in [1.165, 1.54) is 0 Å². The Labute approximate surface area is 144 Å². The summed E-state index contributed by atoms with van der Waals surface area (Å²) in [5, 5.41) is 3.38. The Morgan fingerprint density at radius 3 is 3.13 bits per heavy atom. The van der Waals surface area contributed by atoms with Gasteiger partial charge in [-0.1, -0.05) is 0 Å². The van der Waals surface area contributed by atoms with Crippen molar-refractivity contribution in [2.45, 2.75) is 13.0 Å². The zero-order valence-corrected chi connectivity index (χ0v) is 15.1. The molecule has 124 valence electrons. The van der Waals surface area contributed by atoms with Gasteiger partial charge in [0.2, 0.25) is 0 Å². The Morgan fingerprint density at radius 1 is 1.52 bits per heavy atom. The fourth-order valence-corrected chi connectivity index (χ4v) is 3.21. The Morgan fingerprint density at radius 2 is 2.39 bits per heavy atom. The average Bonchev–Trinajstić information content (AvgIpc) is 3.16. The van der Waals surface area contributed by atoms with Crippen molar-refractivity contribution in [3.8, 4) is 0 Å². The normalized spacial score (nSPS) is 18.6. The molecule has 0 aromatic carbocycles. The number of ether oxygens (including phenoxy) is 1. The van der Waals surface area contributed by atoms with Gasteiger partial charge in [0.25, 0.3) is 0 Å². The largest absolute Gasteiger partial charge is 0.381 e. The molecule has 2 aromatic heterocycles. The maximum Gasteiger partial charge on any atom is 0.193 e. The summed E-state index contributed by atoms with van der Waals surface area (Å²) >= 11 is 3.48. The van der Waals surface area contributed by atoms with E-state index in [4.69, 9.17) is 4.74 Å². The van der Waals surface area contributed by atoms with Crippen molar-refractivity contribution in [3.05, 3.63) is 34.7 Å². The van der Waals surface area contributed by atoms with E-state index in [-0.39, 0.29) is 0 Å². The van der Waals surface area contributed by atoms with Crippen LogP contribution in [0.15, 0.2) is 34.0 Å². The molecule has 1 saturated heterocycles. The molecule has 1 N–H and O–H groups in total. The molecule has 7 heteroatoms. The number of aromatic nitrogens is 2. The lowest BCUT2D eigenvalue weighted by atomic mass is 10.1. The van der Waals surface area contributed by atoms with E-state index in [1.807, 2.05) is 36.0 Å². The van der Waals surface area contributed by atoms with E-state index in [1.54, 1.807) is 0 Å². The summed E-state index contributed by atoms with van der Waals surface area (Å²) in [6.45, 7) is 3.33. The number of pyridine rings is 1. The van der Waals surface area contributed by atoms with Crippen LogP contribution in [0.25, 0.3) is 5.65 Å². The van der Waals surface area contributed by atoms with Crippen molar-refractivity contribution in [2.24, 2.45) is 10.9 Å². The van der Waals surface area contributed by atoms with Gasteiger partial charge in [0.05, 0.1) is 18.8 Å². The molecule has 0 spiro atoms. The molecule has 1 aliphatic heterocycles. The number of guanidine groups is 1. The predicted molar refractivity (Wildman–Crippen MR) is 94.6 cm³/mol. The van der Waals surface area contributed by atoms with Gasteiger partial charge in [-0.15, -0.1) is 0 Å². The third-order valence-electron chi connectivity index (χ3n) is 4.02. The molecule has 0 radical (unpaired) electrons. The minimum absolute atomic E-state index is 0.589. The molecule has 0 amide bonds. The van der Waals surface area contributed by atoms with Crippen LogP contribution in [-0.2, 0) is 11.3 Å². The predicted octanol–water partition coefficient (Wildman–Crippen LogP) is 2.14. The topological polar surface area (TPSA) is 54.2 Å². The molecule has 0 aliphatic carbocycles. The van der Waals surface area contributed by atoms with Crippen LogP contribution >= 0.6 is 15.9 Å². The molecule has 0 saturated carbocycles. The molecule has 2 aromatic rings. The molecule has 1 unspecified atom stereocenters. The first-order valence-corrected chi connectivity index (χ1v) is 8.57. The highest BCUT2D eigenvalue weighted by atomic mass is 79.9. The van der Waals surface area contributed by atoms with Crippen molar-refractivity contribution >= 4 is 27.5 Å². The summed E-state index contributed by atoms with van der Waals surface area (Å²) in [6, 6.07) is 3.99. The first-order chi connectivity index (χ1) is 11.2. The molecule has 3 heterocycles. The third kappa shape index (κ3) is 4.03. The van der Waals surface area contributed by atoms with Crippen LogP contribution in [0.2, 0.25) is 0 Å². The van der Waals surface area contributed by atoms with Gasteiger partial charge in [0, 0.05) is 50.0 Å².